The Hall–Kier alpha value is -4.80. The van der Waals surface area contributed by atoms with Crippen LogP contribution in [0.5, 0.6) is 11.8 Å². The lowest BCUT2D eigenvalue weighted by Gasteiger charge is -2.28. The molecule has 1 amide bonds. The number of pyridine rings is 1. The van der Waals surface area contributed by atoms with Gasteiger partial charge in [-0.2, -0.15) is 9.97 Å². The zero-order valence-corrected chi connectivity index (χ0v) is 28.4. The van der Waals surface area contributed by atoms with E-state index in [1.54, 1.807) is 26.8 Å². The van der Waals surface area contributed by atoms with Gasteiger partial charge in [-0.15, -0.1) is 6.42 Å². The van der Waals surface area contributed by atoms with Gasteiger partial charge < -0.3 is 24.1 Å². The predicted molar refractivity (Wildman–Crippen MR) is 181 cm³/mol. The number of carbonyl (C=O) groups is 1. The van der Waals surface area contributed by atoms with E-state index in [1.807, 2.05) is 6.92 Å². The first-order chi connectivity index (χ1) is 23.4. The molecule has 0 unspecified atom stereocenters. The van der Waals surface area contributed by atoms with E-state index in [1.165, 1.54) is 36.5 Å². The maximum Gasteiger partial charge on any atom is 0.429 e. The van der Waals surface area contributed by atoms with E-state index in [9.17, 15) is 14.3 Å². The molecule has 0 bridgehead atoms. The Morgan fingerprint density at radius 1 is 1.16 bits per heavy atom. The van der Waals surface area contributed by atoms with Crippen molar-refractivity contribution in [2.75, 3.05) is 39.1 Å². The van der Waals surface area contributed by atoms with Gasteiger partial charge in [0.25, 0.3) is 0 Å². The summed E-state index contributed by atoms with van der Waals surface area (Å²) in [6, 6.07) is 5.72. The average Bonchev–Trinajstić information content (AvgIpc) is 3.86. The van der Waals surface area contributed by atoms with Crippen molar-refractivity contribution in [1.82, 2.24) is 20.0 Å². The smallest absolute Gasteiger partial charge is 0.429 e. The third kappa shape index (κ3) is 8.09. The Morgan fingerprint density at radius 3 is 2.59 bits per heavy atom. The number of aliphatic hydroxyl groups is 1. The molecule has 2 heterocycles. The number of anilines is 1. The fraction of sp³-hybridized carbons (Fsp3) is 0.444. The van der Waals surface area contributed by atoms with Crippen molar-refractivity contribution >= 4 is 33.6 Å². The molecule has 49 heavy (non-hydrogen) atoms. The molecule has 1 fully saturated rings. The molecule has 5 rings (SSSR count). The fourth-order valence-corrected chi connectivity index (χ4v) is 5.23. The largest absolute Gasteiger partial charge is 0.468 e. The number of hydrogen-bond acceptors (Lipinski definition) is 10. The average molecular weight is 678 g/mol. The number of ether oxygens (including phenoxy) is 4. The number of carbonyl (C=O) groups excluding carboxylic acids is 1. The van der Waals surface area contributed by atoms with Crippen molar-refractivity contribution in [1.29, 1.82) is 0 Å². The first-order valence-electron chi connectivity index (χ1n) is 16.1. The van der Waals surface area contributed by atoms with Crippen molar-refractivity contribution < 1.29 is 37.6 Å². The number of methoxy groups -OCH3 is 1. The summed E-state index contributed by atoms with van der Waals surface area (Å²) in [6.45, 7) is 7.52. The first-order valence-corrected chi connectivity index (χ1v) is 16.1. The van der Waals surface area contributed by atoms with Gasteiger partial charge in [-0.25, -0.2) is 18.6 Å². The SMILES string of the molecule is C#Cc1c(F)ccc2cc(OCOC)cc(-c3ncc4c(NN(CCCCC)C(=O)OC(C)(C)C)nc(OCC5(CO)CC5)nc4c3F)c12. The van der Waals surface area contributed by atoms with E-state index in [-0.39, 0.29) is 71.5 Å². The number of terminal acetylenes is 1. The van der Waals surface area contributed by atoms with E-state index in [2.05, 4.69) is 26.3 Å². The van der Waals surface area contributed by atoms with Crippen LogP contribution in [0.15, 0.2) is 30.5 Å². The van der Waals surface area contributed by atoms with Gasteiger partial charge in [0.15, 0.2) is 18.4 Å². The van der Waals surface area contributed by atoms with E-state index in [0.717, 1.165) is 25.7 Å². The number of halogens is 2. The summed E-state index contributed by atoms with van der Waals surface area (Å²) in [5, 5.41) is 12.0. The lowest BCUT2D eigenvalue weighted by atomic mass is 9.95. The molecule has 1 aliphatic rings. The van der Waals surface area contributed by atoms with Crippen LogP contribution in [-0.2, 0) is 9.47 Å². The number of nitrogens with one attached hydrogen (secondary N) is 1. The van der Waals surface area contributed by atoms with Crippen molar-refractivity contribution in [2.45, 2.75) is 65.4 Å². The van der Waals surface area contributed by atoms with Crippen LogP contribution in [0.4, 0.5) is 19.4 Å². The van der Waals surface area contributed by atoms with Crippen molar-refractivity contribution in [2.24, 2.45) is 5.41 Å². The zero-order valence-electron chi connectivity index (χ0n) is 28.4. The molecule has 11 nitrogen and oxygen atoms in total. The van der Waals surface area contributed by atoms with Gasteiger partial charge in [0.05, 0.1) is 24.2 Å². The molecule has 0 saturated heterocycles. The second-order valence-corrected chi connectivity index (χ2v) is 13.1. The Morgan fingerprint density at radius 2 is 1.94 bits per heavy atom. The minimum atomic E-state index is -0.872. The molecule has 0 spiro atoms. The number of hydrogen-bond donors (Lipinski definition) is 2. The number of aliphatic hydroxyl groups excluding tert-OH is 1. The monoisotopic (exact) mass is 677 g/mol. The van der Waals surface area contributed by atoms with Gasteiger partial charge in [0, 0.05) is 36.2 Å². The molecule has 2 N–H and O–H groups in total. The van der Waals surface area contributed by atoms with Crippen LogP contribution < -0.4 is 14.9 Å². The number of unbranched alkanes of at least 4 members (excludes halogenated alkanes) is 2. The van der Waals surface area contributed by atoms with Gasteiger partial charge in [0.2, 0.25) is 0 Å². The normalized spacial score (nSPS) is 13.6. The number of aromatic nitrogens is 3. The van der Waals surface area contributed by atoms with Crippen LogP contribution in [0.1, 0.15) is 65.4 Å². The second kappa shape index (κ2) is 14.8. The van der Waals surface area contributed by atoms with Crippen LogP contribution >= 0.6 is 0 Å². The third-order valence-corrected chi connectivity index (χ3v) is 8.09. The molecular weight excluding hydrogens is 636 g/mol. The highest BCUT2D eigenvalue weighted by Gasteiger charge is 2.43. The molecule has 2 aromatic heterocycles. The number of nitrogens with zero attached hydrogens (tertiary/aromatic N) is 4. The van der Waals surface area contributed by atoms with Gasteiger partial charge >= 0.3 is 12.1 Å². The van der Waals surface area contributed by atoms with Crippen molar-refractivity contribution in [3.63, 3.8) is 0 Å². The number of hydrazine groups is 1. The van der Waals surface area contributed by atoms with Gasteiger partial charge in [-0.05, 0) is 63.6 Å². The summed E-state index contributed by atoms with van der Waals surface area (Å²) < 4.78 is 54.2. The molecule has 0 atom stereocenters. The van der Waals surface area contributed by atoms with Crippen molar-refractivity contribution in [3.05, 3.63) is 47.7 Å². The maximum atomic E-state index is 16.9. The highest BCUT2D eigenvalue weighted by molar-refractivity contribution is 6.03. The van der Waals surface area contributed by atoms with Crippen LogP contribution in [0.25, 0.3) is 32.9 Å². The van der Waals surface area contributed by atoms with Crippen LogP contribution in [0.2, 0.25) is 0 Å². The predicted octanol–water partition coefficient (Wildman–Crippen LogP) is 6.99. The Labute approximate surface area is 283 Å². The van der Waals surface area contributed by atoms with Crippen LogP contribution in [0, 0.1) is 29.4 Å². The first kappa shape index (κ1) is 35.5. The van der Waals surface area contributed by atoms with Crippen molar-refractivity contribution in [3.8, 4) is 35.4 Å². The number of benzene rings is 2. The van der Waals surface area contributed by atoms with Crippen LogP contribution in [-0.4, -0.2) is 70.4 Å². The summed E-state index contributed by atoms with van der Waals surface area (Å²) in [5.41, 5.74) is 1.53. The van der Waals surface area contributed by atoms with E-state index in [4.69, 9.17) is 25.4 Å². The van der Waals surface area contributed by atoms with Gasteiger partial charge in [0.1, 0.15) is 28.4 Å². The summed E-state index contributed by atoms with van der Waals surface area (Å²) >= 11 is 0. The Balaban J connectivity index is 1.68. The second-order valence-electron chi connectivity index (χ2n) is 13.1. The summed E-state index contributed by atoms with van der Waals surface area (Å²) in [4.78, 5) is 26.7. The Kier molecular flexibility index (Phi) is 10.7. The topological polar surface area (TPSA) is 128 Å². The van der Waals surface area contributed by atoms with Gasteiger partial charge in [-0.3, -0.25) is 10.4 Å². The molecular formula is C36H41F2N5O6. The number of fused-ring (bicyclic) bond motifs is 2. The quantitative estimate of drug-likeness (QED) is 0.0624. The van der Waals surface area contributed by atoms with E-state index >= 15 is 4.39 Å². The lowest BCUT2D eigenvalue weighted by Crippen LogP contribution is -2.41. The molecule has 13 heteroatoms. The molecule has 0 aliphatic heterocycles. The number of amides is 1. The fourth-order valence-electron chi connectivity index (χ4n) is 5.23. The third-order valence-electron chi connectivity index (χ3n) is 8.09. The maximum absolute atomic E-state index is 16.9. The molecule has 1 saturated carbocycles. The van der Waals surface area contributed by atoms with E-state index < -0.39 is 28.7 Å². The lowest BCUT2D eigenvalue weighted by molar-refractivity contribution is 0.0293. The molecule has 0 radical (unpaired) electrons. The molecule has 4 aromatic rings. The van der Waals surface area contributed by atoms with Gasteiger partial charge in [-0.1, -0.05) is 31.8 Å². The molecule has 1 aliphatic carbocycles. The summed E-state index contributed by atoms with van der Waals surface area (Å²) in [6.07, 6.45) is 10.4. The number of rotatable bonds is 14. The summed E-state index contributed by atoms with van der Waals surface area (Å²) in [7, 11) is 1.46. The highest BCUT2D eigenvalue weighted by atomic mass is 19.1. The molecule has 2 aromatic carbocycles. The Bertz CT molecular complexity index is 1890. The zero-order chi connectivity index (χ0) is 35.3. The van der Waals surface area contributed by atoms with Crippen LogP contribution in [0.3, 0.4) is 0 Å². The highest BCUT2D eigenvalue weighted by Crippen LogP contribution is 2.45. The minimum Gasteiger partial charge on any atom is -0.468 e. The molecule has 260 valence electrons. The standard InChI is InChI=1S/C36H41F2N5O6/c1-7-9-10-15-43(34(45)49-35(3,4)5)42-32-26-18-39-30(29(38)31(26)40-33(41-32)47-20-36(19-44)13-14-36)25-17-23(48-21-46-6)16-22-11-12-27(37)24(8-2)28(22)25/h2,11-12,16-18,44H,7,9-10,13-15,19-21H2,1,3-6H3,(H,40,41,42). The van der Waals surface area contributed by atoms with E-state index in [0.29, 0.717) is 17.6 Å². The minimum absolute atomic E-state index is 0.0477. The summed E-state index contributed by atoms with van der Waals surface area (Å²) in [5.74, 6) is 1.21.